The minimum absolute atomic E-state index is 0.262. The van der Waals surface area contributed by atoms with Gasteiger partial charge in [0.05, 0.1) is 5.56 Å². The predicted octanol–water partition coefficient (Wildman–Crippen LogP) is 2.78. The van der Waals surface area contributed by atoms with E-state index < -0.39 is 0 Å². The van der Waals surface area contributed by atoms with Crippen LogP contribution in [-0.4, -0.2) is 27.6 Å². The standard InChI is InChI=1S/C18H17N5O/c24-18(15-7-4-11-19-13-15)21-17-9-8-16(22-23-17)20-12-10-14-5-2-1-3-6-14/h1-9,11,13H,10,12H2,(H,20,22)(H,21,23,24). The van der Waals surface area contributed by atoms with Crippen molar-refractivity contribution in [1.82, 2.24) is 15.2 Å². The average Bonchev–Trinajstić information content (AvgIpc) is 2.65. The van der Waals surface area contributed by atoms with Gasteiger partial charge in [0, 0.05) is 18.9 Å². The van der Waals surface area contributed by atoms with Crippen molar-refractivity contribution in [3.63, 3.8) is 0 Å². The van der Waals surface area contributed by atoms with Crippen LogP contribution in [0.2, 0.25) is 0 Å². The zero-order valence-electron chi connectivity index (χ0n) is 13.0. The van der Waals surface area contributed by atoms with Gasteiger partial charge in [-0.3, -0.25) is 9.78 Å². The second-order valence-corrected chi connectivity index (χ2v) is 5.16. The van der Waals surface area contributed by atoms with E-state index in [1.54, 1.807) is 30.5 Å². The van der Waals surface area contributed by atoms with E-state index in [2.05, 4.69) is 37.9 Å². The SMILES string of the molecule is O=C(Nc1ccc(NCCc2ccccc2)nn1)c1cccnc1. The molecule has 2 N–H and O–H groups in total. The first kappa shape index (κ1) is 15.6. The summed E-state index contributed by atoms with van der Waals surface area (Å²) >= 11 is 0. The van der Waals surface area contributed by atoms with Crippen LogP contribution in [0.4, 0.5) is 11.6 Å². The topological polar surface area (TPSA) is 79.8 Å². The highest BCUT2D eigenvalue weighted by atomic mass is 16.1. The fourth-order valence-electron chi connectivity index (χ4n) is 2.16. The number of anilines is 2. The molecule has 1 amide bonds. The van der Waals surface area contributed by atoms with Crippen molar-refractivity contribution in [3.05, 3.63) is 78.1 Å². The molecule has 0 radical (unpaired) electrons. The number of nitrogens with zero attached hydrogens (tertiary/aromatic N) is 3. The maximum atomic E-state index is 12.0. The fraction of sp³-hybridized carbons (Fsp3) is 0.111. The molecule has 0 aliphatic heterocycles. The first-order valence-electron chi connectivity index (χ1n) is 7.64. The number of aromatic nitrogens is 3. The quantitative estimate of drug-likeness (QED) is 0.730. The molecule has 3 rings (SSSR count). The molecular weight excluding hydrogens is 302 g/mol. The zero-order chi connectivity index (χ0) is 16.6. The maximum absolute atomic E-state index is 12.0. The first-order chi connectivity index (χ1) is 11.8. The van der Waals surface area contributed by atoms with Crippen molar-refractivity contribution in [2.24, 2.45) is 0 Å². The van der Waals surface area contributed by atoms with Gasteiger partial charge in [-0.25, -0.2) is 0 Å². The third-order valence-electron chi connectivity index (χ3n) is 3.39. The van der Waals surface area contributed by atoms with E-state index in [9.17, 15) is 4.79 Å². The molecule has 6 heteroatoms. The Labute approximate surface area is 140 Å². The maximum Gasteiger partial charge on any atom is 0.258 e. The van der Waals surface area contributed by atoms with Crippen LogP contribution in [0.25, 0.3) is 0 Å². The van der Waals surface area contributed by atoms with E-state index in [0.717, 1.165) is 13.0 Å². The highest BCUT2D eigenvalue weighted by Crippen LogP contribution is 2.08. The summed E-state index contributed by atoms with van der Waals surface area (Å²) in [5.41, 5.74) is 1.74. The van der Waals surface area contributed by atoms with Crippen molar-refractivity contribution in [3.8, 4) is 0 Å². The summed E-state index contributed by atoms with van der Waals surface area (Å²) in [7, 11) is 0. The molecule has 0 saturated carbocycles. The molecule has 0 unspecified atom stereocenters. The van der Waals surface area contributed by atoms with Gasteiger partial charge in [0.25, 0.3) is 5.91 Å². The lowest BCUT2D eigenvalue weighted by Gasteiger charge is -2.07. The summed E-state index contributed by atoms with van der Waals surface area (Å²) < 4.78 is 0. The Morgan fingerprint density at radius 1 is 0.917 bits per heavy atom. The molecule has 0 saturated heterocycles. The molecule has 24 heavy (non-hydrogen) atoms. The van der Waals surface area contributed by atoms with Crippen molar-refractivity contribution >= 4 is 17.5 Å². The third kappa shape index (κ3) is 4.36. The molecule has 0 fully saturated rings. The van der Waals surface area contributed by atoms with Crippen molar-refractivity contribution in [2.45, 2.75) is 6.42 Å². The van der Waals surface area contributed by atoms with Crippen LogP contribution in [0, 0.1) is 0 Å². The molecule has 0 atom stereocenters. The number of pyridine rings is 1. The number of rotatable bonds is 6. The molecule has 6 nitrogen and oxygen atoms in total. The van der Waals surface area contributed by atoms with Crippen molar-refractivity contribution in [2.75, 3.05) is 17.2 Å². The number of carbonyl (C=O) groups is 1. The summed E-state index contributed by atoms with van der Waals surface area (Å²) in [6.45, 7) is 0.764. The zero-order valence-corrected chi connectivity index (χ0v) is 13.0. The summed E-state index contributed by atoms with van der Waals surface area (Å²) in [6.07, 6.45) is 4.02. The Kier molecular flexibility index (Phi) is 5.09. The van der Waals surface area contributed by atoms with E-state index in [4.69, 9.17) is 0 Å². The molecule has 120 valence electrons. The lowest BCUT2D eigenvalue weighted by atomic mass is 10.1. The van der Waals surface area contributed by atoms with Gasteiger partial charge < -0.3 is 10.6 Å². The van der Waals surface area contributed by atoms with Crippen LogP contribution >= 0.6 is 0 Å². The second-order valence-electron chi connectivity index (χ2n) is 5.16. The van der Waals surface area contributed by atoms with Crippen LogP contribution in [-0.2, 0) is 6.42 Å². The third-order valence-corrected chi connectivity index (χ3v) is 3.39. The molecule has 0 aliphatic rings. The Hall–Kier alpha value is -3.28. The number of carbonyl (C=O) groups excluding carboxylic acids is 1. The molecule has 3 aromatic rings. The molecule has 2 aromatic heterocycles. The lowest BCUT2D eigenvalue weighted by Crippen LogP contribution is -2.14. The van der Waals surface area contributed by atoms with E-state index in [0.29, 0.717) is 17.2 Å². The first-order valence-corrected chi connectivity index (χ1v) is 7.64. The smallest absolute Gasteiger partial charge is 0.258 e. The van der Waals surface area contributed by atoms with Gasteiger partial charge in [0.2, 0.25) is 0 Å². The summed E-state index contributed by atoms with van der Waals surface area (Å²) in [6, 6.07) is 17.1. The molecule has 0 bridgehead atoms. The monoisotopic (exact) mass is 319 g/mol. The van der Waals surface area contributed by atoms with Gasteiger partial charge in [-0.05, 0) is 36.2 Å². The van der Waals surface area contributed by atoms with Crippen LogP contribution in [0.3, 0.4) is 0 Å². The molecule has 0 aliphatic carbocycles. The highest BCUT2D eigenvalue weighted by Gasteiger charge is 2.06. The normalized spacial score (nSPS) is 10.2. The van der Waals surface area contributed by atoms with Crippen LogP contribution in [0.5, 0.6) is 0 Å². The summed E-state index contributed by atoms with van der Waals surface area (Å²) in [5.74, 6) is 0.810. The van der Waals surface area contributed by atoms with Gasteiger partial charge >= 0.3 is 0 Å². The number of benzene rings is 1. The summed E-state index contributed by atoms with van der Waals surface area (Å²) in [4.78, 5) is 15.9. The lowest BCUT2D eigenvalue weighted by molar-refractivity contribution is 0.102. The largest absolute Gasteiger partial charge is 0.368 e. The minimum Gasteiger partial charge on any atom is -0.368 e. The van der Waals surface area contributed by atoms with Gasteiger partial charge in [-0.15, -0.1) is 10.2 Å². The van der Waals surface area contributed by atoms with Crippen molar-refractivity contribution in [1.29, 1.82) is 0 Å². The van der Waals surface area contributed by atoms with E-state index in [1.165, 1.54) is 11.8 Å². The van der Waals surface area contributed by atoms with Gasteiger partial charge in [-0.2, -0.15) is 0 Å². The van der Waals surface area contributed by atoms with Crippen LogP contribution in [0.15, 0.2) is 67.0 Å². The minimum atomic E-state index is -0.262. The molecule has 2 heterocycles. The van der Waals surface area contributed by atoms with Gasteiger partial charge in [0.1, 0.15) is 5.82 Å². The van der Waals surface area contributed by atoms with Crippen LogP contribution < -0.4 is 10.6 Å². The average molecular weight is 319 g/mol. The number of hydrogen-bond acceptors (Lipinski definition) is 5. The molecule has 0 spiro atoms. The fourth-order valence-corrected chi connectivity index (χ4v) is 2.16. The summed E-state index contributed by atoms with van der Waals surface area (Å²) in [5, 5.41) is 14.0. The number of amides is 1. The van der Waals surface area contributed by atoms with E-state index >= 15 is 0 Å². The Bertz CT molecular complexity index is 776. The van der Waals surface area contributed by atoms with Crippen LogP contribution in [0.1, 0.15) is 15.9 Å². The predicted molar refractivity (Wildman–Crippen MR) is 92.9 cm³/mol. The molecule has 1 aromatic carbocycles. The molecular formula is C18H17N5O. The van der Waals surface area contributed by atoms with E-state index in [1.807, 2.05) is 18.2 Å². The van der Waals surface area contributed by atoms with E-state index in [-0.39, 0.29) is 5.91 Å². The Morgan fingerprint density at radius 2 is 1.71 bits per heavy atom. The Morgan fingerprint density at radius 3 is 2.42 bits per heavy atom. The Balaban J connectivity index is 1.51. The second kappa shape index (κ2) is 7.82. The van der Waals surface area contributed by atoms with Crippen molar-refractivity contribution < 1.29 is 4.79 Å². The highest BCUT2D eigenvalue weighted by molar-refractivity contribution is 6.03. The van der Waals surface area contributed by atoms with Gasteiger partial charge in [0.15, 0.2) is 5.82 Å². The van der Waals surface area contributed by atoms with Gasteiger partial charge in [-0.1, -0.05) is 30.3 Å². The number of nitrogens with one attached hydrogen (secondary N) is 2. The number of hydrogen-bond donors (Lipinski definition) is 2.